The number of carbonyl (C=O) groups excluding carboxylic acids is 2. The average molecular weight is 360 g/mol. The number of esters is 1. The molecular weight excluding hydrogens is 340 g/mol. The molecule has 3 rings (SSSR count). The third-order valence-corrected chi connectivity index (χ3v) is 5.42. The van der Waals surface area contributed by atoms with Gasteiger partial charge in [0.05, 0.1) is 0 Å². The van der Waals surface area contributed by atoms with Crippen molar-refractivity contribution in [1.29, 1.82) is 0 Å². The van der Waals surface area contributed by atoms with Crippen LogP contribution in [0.1, 0.15) is 18.8 Å². The lowest BCUT2D eigenvalue weighted by atomic mass is 10.0. The lowest BCUT2D eigenvalue weighted by Gasteiger charge is -2.48. The van der Waals surface area contributed by atoms with E-state index in [1.54, 1.807) is 11.8 Å². The van der Waals surface area contributed by atoms with Crippen molar-refractivity contribution in [2.45, 2.75) is 24.6 Å². The summed E-state index contributed by atoms with van der Waals surface area (Å²) in [5.41, 5.74) is 7.57. The second-order valence-electron chi connectivity index (χ2n) is 5.69. The van der Waals surface area contributed by atoms with Gasteiger partial charge in [-0.1, -0.05) is 42.5 Å². The summed E-state index contributed by atoms with van der Waals surface area (Å²) in [4.78, 5) is 26.4. The predicted octanol–water partition coefficient (Wildman–Crippen LogP) is 1.95. The molecule has 25 heavy (non-hydrogen) atoms. The van der Waals surface area contributed by atoms with Crippen molar-refractivity contribution in [2.75, 3.05) is 12.9 Å². The maximum absolute atomic E-state index is 12.8. The van der Waals surface area contributed by atoms with Gasteiger partial charge in [-0.05, 0) is 12.5 Å². The minimum Gasteiger partial charge on any atom is -0.427 e. The van der Waals surface area contributed by atoms with Gasteiger partial charge in [0.25, 0.3) is 0 Å². The number of fused-ring (bicyclic) bond motifs is 1. The fraction of sp³-hybridized carbons (Fsp3) is 0.333. The first-order chi connectivity index (χ1) is 12.1. The van der Waals surface area contributed by atoms with Gasteiger partial charge >= 0.3 is 5.97 Å². The standard InChI is InChI=1S/C18H20N2O4S/c1-3-7-12-10-25-16-13(19)15(21)20(16)14(12)17(22)24-18(23-2)11-8-5-4-6-9-11/h3-9,13,16,18H,10,19H2,1-2H3/t13?,16-,18?/m0/s1. The number of carbonyl (C=O) groups is 2. The lowest BCUT2D eigenvalue weighted by molar-refractivity contribution is -0.175. The van der Waals surface area contributed by atoms with E-state index in [1.807, 2.05) is 49.4 Å². The van der Waals surface area contributed by atoms with Gasteiger partial charge in [-0.3, -0.25) is 9.69 Å². The summed E-state index contributed by atoms with van der Waals surface area (Å²) < 4.78 is 10.8. The van der Waals surface area contributed by atoms with E-state index < -0.39 is 18.3 Å². The summed E-state index contributed by atoms with van der Waals surface area (Å²) in [6.45, 7) is 1.86. The Morgan fingerprint density at radius 1 is 1.40 bits per heavy atom. The quantitative estimate of drug-likeness (QED) is 0.491. The highest BCUT2D eigenvalue weighted by molar-refractivity contribution is 8.00. The lowest BCUT2D eigenvalue weighted by Crippen LogP contribution is -2.68. The van der Waals surface area contributed by atoms with Gasteiger partial charge in [-0.2, -0.15) is 0 Å². The number of ether oxygens (including phenoxy) is 2. The van der Waals surface area contributed by atoms with Crippen LogP contribution in [0, 0.1) is 0 Å². The number of methoxy groups -OCH3 is 1. The monoisotopic (exact) mass is 360 g/mol. The molecule has 1 aromatic carbocycles. The van der Waals surface area contributed by atoms with Gasteiger partial charge < -0.3 is 15.2 Å². The van der Waals surface area contributed by atoms with Gasteiger partial charge in [-0.15, -0.1) is 11.8 Å². The van der Waals surface area contributed by atoms with Gasteiger partial charge in [0.15, 0.2) is 0 Å². The number of hydrogen-bond acceptors (Lipinski definition) is 6. The Bertz CT molecular complexity index is 732. The van der Waals surface area contributed by atoms with E-state index in [2.05, 4.69) is 0 Å². The number of rotatable bonds is 5. The summed E-state index contributed by atoms with van der Waals surface area (Å²) in [5, 5.41) is -0.221. The molecule has 2 N–H and O–H groups in total. The molecule has 3 atom stereocenters. The second kappa shape index (κ2) is 7.43. The SMILES string of the molecule is CC=CC1=C(C(=O)OC(OC)c2ccccc2)N2C(=O)C(N)[C@@H]2SC1. The van der Waals surface area contributed by atoms with Crippen molar-refractivity contribution < 1.29 is 19.1 Å². The number of nitrogens with zero attached hydrogens (tertiary/aromatic N) is 1. The molecule has 0 aliphatic carbocycles. The molecule has 1 aromatic rings. The molecule has 2 aliphatic heterocycles. The number of amides is 1. The van der Waals surface area contributed by atoms with Gasteiger partial charge in [0, 0.05) is 18.4 Å². The van der Waals surface area contributed by atoms with Crippen LogP contribution in [0.4, 0.5) is 0 Å². The molecular formula is C18H20N2O4S. The summed E-state index contributed by atoms with van der Waals surface area (Å²) in [5.74, 6) is -0.255. The first-order valence-corrected chi connectivity index (χ1v) is 8.98. The molecule has 0 aromatic heterocycles. The minimum absolute atomic E-state index is 0.221. The van der Waals surface area contributed by atoms with E-state index in [0.29, 0.717) is 5.75 Å². The fourth-order valence-electron chi connectivity index (χ4n) is 2.87. The highest BCUT2D eigenvalue weighted by Crippen LogP contribution is 2.40. The van der Waals surface area contributed by atoms with Crippen molar-refractivity contribution in [3.8, 4) is 0 Å². The van der Waals surface area contributed by atoms with E-state index in [4.69, 9.17) is 15.2 Å². The number of thioether (sulfide) groups is 1. The Kier molecular flexibility index (Phi) is 5.27. The summed E-state index contributed by atoms with van der Waals surface area (Å²) in [6.07, 6.45) is 2.81. The molecule has 1 amide bonds. The average Bonchev–Trinajstić information content (AvgIpc) is 2.65. The van der Waals surface area contributed by atoms with E-state index >= 15 is 0 Å². The topological polar surface area (TPSA) is 81.9 Å². The Balaban J connectivity index is 1.88. The van der Waals surface area contributed by atoms with Crippen LogP contribution < -0.4 is 5.73 Å². The zero-order chi connectivity index (χ0) is 18.0. The van der Waals surface area contributed by atoms with Gasteiger partial charge in [0.1, 0.15) is 17.1 Å². The molecule has 0 bridgehead atoms. The zero-order valence-electron chi connectivity index (χ0n) is 14.0. The van der Waals surface area contributed by atoms with Crippen LogP contribution >= 0.6 is 11.8 Å². The van der Waals surface area contributed by atoms with E-state index in [9.17, 15) is 9.59 Å². The predicted molar refractivity (Wildman–Crippen MR) is 95.2 cm³/mol. The molecule has 1 fully saturated rings. The van der Waals surface area contributed by atoms with E-state index in [-0.39, 0.29) is 17.0 Å². The third-order valence-electron chi connectivity index (χ3n) is 4.10. The molecule has 0 spiro atoms. The number of hydrogen-bond donors (Lipinski definition) is 1. The molecule has 2 heterocycles. The molecule has 1 saturated heterocycles. The first-order valence-electron chi connectivity index (χ1n) is 7.93. The van der Waals surface area contributed by atoms with Crippen molar-refractivity contribution in [2.24, 2.45) is 5.73 Å². The number of allylic oxidation sites excluding steroid dienone is 2. The molecule has 132 valence electrons. The first kappa shape index (κ1) is 17.7. The highest BCUT2D eigenvalue weighted by Gasteiger charge is 2.52. The highest BCUT2D eigenvalue weighted by atomic mass is 32.2. The molecule has 2 aliphatic rings. The van der Waals surface area contributed by atoms with E-state index in [0.717, 1.165) is 11.1 Å². The summed E-state index contributed by atoms with van der Waals surface area (Å²) >= 11 is 1.55. The van der Waals surface area contributed by atoms with Crippen LogP contribution in [0.5, 0.6) is 0 Å². The smallest absolute Gasteiger partial charge is 0.357 e. The third kappa shape index (κ3) is 3.22. The van der Waals surface area contributed by atoms with Gasteiger partial charge in [-0.25, -0.2) is 4.79 Å². The number of β-lactam (4-membered cyclic amide) rings is 1. The molecule has 0 radical (unpaired) electrons. The Morgan fingerprint density at radius 2 is 2.12 bits per heavy atom. The summed E-state index contributed by atoms with van der Waals surface area (Å²) in [6, 6.07) is 8.59. The zero-order valence-corrected chi connectivity index (χ0v) is 14.9. The maximum Gasteiger partial charge on any atom is 0.357 e. The molecule has 2 unspecified atom stereocenters. The van der Waals surface area contributed by atoms with Crippen molar-refractivity contribution in [1.82, 2.24) is 4.90 Å². The Labute approximate surface area is 150 Å². The van der Waals surface area contributed by atoms with Crippen LogP contribution in [0.15, 0.2) is 53.8 Å². The van der Waals surface area contributed by atoms with Crippen LogP contribution in [0.25, 0.3) is 0 Å². The second-order valence-corrected chi connectivity index (χ2v) is 6.80. The Morgan fingerprint density at radius 3 is 2.76 bits per heavy atom. The van der Waals surface area contributed by atoms with Crippen LogP contribution in [-0.4, -0.2) is 41.1 Å². The van der Waals surface area contributed by atoms with Crippen LogP contribution in [0.3, 0.4) is 0 Å². The molecule has 7 heteroatoms. The Hall–Kier alpha value is -2.09. The molecule has 6 nitrogen and oxygen atoms in total. The van der Waals surface area contributed by atoms with Gasteiger partial charge in [0.2, 0.25) is 12.2 Å². The van der Waals surface area contributed by atoms with E-state index in [1.165, 1.54) is 12.0 Å². The molecule has 0 saturated carbocycles. The number of nitrogens with two attached hydrogens (primary N) is 1. The van der Waals surface area contributed by atoms with Crippen LogP contribution in [-0.2, 0) is 19.1 Å². The van der Waals surface area contributed by atoms with Crippen molar-refractivity contribution >= 4 is 23.6 Å². The normalized spacial score (nSPS) is 24.1. The van der Waals surface area contributed by atoms with Crippen molar-refractivity contribution in [3.05, 3.63) is 59.3 Å². The van der Waals surface area contributed by atoms with Crippen molar-refractivity contribution in [3.63, 3.8) is 0 Å². The van der Waals surface area contributed by atoms with Crippen LogP contribution in [0.2, 0.25) is 0 Å². The summed E-state index contributed by atoms with van der Waals surface area (Å²) in [7, 11) is 1.47. The number of benzene rings is 1. The largest absolute Gasteiger partial charge is 0.427 e. The fourth-order valence-corrected chi connectivity index (χ4v) is 4.14. The maximum atomic E-state index is 12.8. The minimum atomic E-state index is -0.842.